The number of unbranched alkanes of at least 4 members (excludes halogenated alkanes) is 1. The van der Waals surface area contributed by atoms with Gasteiger partial charge in [-0.05, 0) is 30.9 Å². The molecule has 0 bridgehead atoms. The summed E-state index contributed by atoms with van der Waals surface area (Å²) < 4.78 is 0. The van der Waals surface area contributed by atoms with Gasteiger partial charge in [-0.15, -0.1) is 0 Å². The van der Waals surface area contributed by atoms with Crippen LogP contribution < -0.4 is 0 Å². The molecule has 0 saturated carbocycles. The molecule has 3 nitrogen and oxygen atoms in total. The third-order valence-corrected chi connectivity index (χ3v) is 4.46. The van der Waals surface area contributed by atoms with Gasteiger partial charge in [0.05, 0.1) is 6.04 Å². The average Bonchev–Trinajstić information content (AvgIpc) is 2.48. The Bertz CT molecular complexity index is 466. The van der Waals surface area contributed by atoms with Crippen LogP contribution in [-0.4, -0.2) is 36.3 Å². The number of benzene rings is 1. The predicted octanol–water partition coefficient (Wildman–Crippen LogP) is 3.83. The van der Waals surface area contributed by atoms with Gasteiger partial charge in [-0.3, -0.25) is 0 Å². The van der Waals surface area contributed by atoms with Gasteiger partial charge in [0.25, 0.3) is 0 Å². The quantitative estimate of drug-likeness (QED) is 0.825. The molecule has 1 aliphatic rings. The highest BCUT2D eigenvalue weighted by Gasteiger charge is 2.32. The van der Waals surface area contributed by atoms with Crippen molar-refractivity contribution in [2.45, 2.75) is 39.2 Å². The maximum absolute atomic E-state index is 2.33. The molecule has 0 saturated heterocycles. The lowest BCUT2D eigenvalue weighted by molar-refractivity contribution is -0.153. The molecule has 0 N–H and O–H groups in total. The van der Waals surface area contributed by atoms with E-state index in [4.69, 9.17) is 0 Å². The number of hydrazine groups is 2. The lowest BCUT2D eigenvalue weighted by atomic mass is 9.92. The van der Waals surface area contributed by atoms with Crippen molar-refractivity contribution in [3.05, 3.63) is 47.2 Å². The Balaban J connectivity index is 2.43. The Morgan fingerprint density at radius 3 is 2.30 bits per heavy atom. The third-order valence-electron chi connectivity index (χ3n) is 4.46. The van der Waals surface area contributed by atoms with E-state index >= 15 is 0 Å². The minimum absolute atomic E-state index is 0.351. The molecule has 1 atom stereocenters. The van der Waals surface area contributed by atoms with Gasteiger partial charge in [-0.1, -0.05) is 43.7 Å². The minimum Gasteiger partial charge on any atom is -0.300 e. The van der Waals surface area contributed by atoms with Crippen LogP contribution in [0.4, 0.5) is 0 Å². The van der Waals surface area contributed by atoms with Crippen LogP contribution in [0.2, 0.25) is 0 Å². The Morgan fingerprint density at radius 1 is 1.05 bits per heavy atom. The number of hydrogen-bond acceptors (Lipinski definition) is 3. The molecule has 0 fully saturated rings. The molecule has 3 heteroatoms. The highest BCUT2D eigenvalue weighted by Crippen LogP contribution is 2.38. The number of allylic oxidation sites excluding steroid dienone is 1. The van der Waals surface area contributed by atoms with Crippen molar-refractivity contribution in [3.8, 4) is 0 Å². The standard InChI is InChI=1S/C17H27N3/c1-6-7-13-16-14(2)18(3)20(5)19(4)17(16)15-11-9-8-10-12-15/h8-12,17H,6-7,13H2,1-5H3. The molecule has 1 aliphatic heterocycles. The summed E-state index contributed by atoms with van der Waals surface area (Å²) in [5, 5.41) is 6.76. The number of likely N-dealkylation sites (N-methyl/N-ethyl adjacent to an activating group) is 1. The maximum atomic E-state index is 2.33. The van der Waals surface area contributed by atoms with Crippen LogP contribution in [0, 0.1) is 0 Å². The summed E-state index contributed by atoms with van der Waals surface area (Å²) in [4.78, 5) is 0. The van der Waals surface area contributed by atoms with E-state index in [1.807, 2.05) is 0 Å². The van der Waals surface area contributed by atoms with Crippen LogP contribution in [-0.2, 0) is 0 Å². The molecule has 110 valence electrons. The predicted molar refractivity (Wildman–Crippen MR) is 84.7 cm³/mol. The third kappa shape index (κ3) is 2.74. The lowest BCUT2D eigenvalue weighted by Gasteiger charge is -2.48. The van der Waals surface area contributed by atoms with Gasteiger partial charge in [-0.2, -0.15) is 5.12 Å². The zero-order valence-corrected chi connectivity index (χ0v) is 13.4. The molecule has 1 aromatic carbocycles. The van der Waals surface area contributed by atoms with Crippen LogP contribution in [0.1, 0.15) is 44.7 Å². The summed E-state index contributed by atoms with van der Waals surface area (Å²) in [7, 11) is 6.43. The summed E-state index contributed by atoms with van der Waals surface area (Å²) >= 11 is 0. The Hall–Kier alpha value is -1.32. The molecule has 1 aromatic rings. The largest absolute Gasteiger partial charge is 0.300 e. The highest BCUT2D eigenvalue weighted by atomic mass is 15.9. The maximum Gasteiger partial charge on any atom is 0.0739 e. The molecule has 0 aliphatic carbocycles. The fourth-order valence-corrected chi connectivity index (χ4v) is 2.96. The first kappa shape index (κ1) is 15.1. The second-order valence-corrected chi connectivity index (χ2v) is 5.61. The van der Waals surface area contributed by atoms with Crippen molar-refractivity contribution in [2.24, 2.45) is 0 Å². The smallest absolute Gasteiger partial charge is 0.0739 e. The van der Waals surface area contributed by atoms with Gasteiger partial charge >= 0.3 is 0 Å². The van der Waals surface area contributed by atoms with E-state index in [1.165, 1.54) is 30.5 Å². The topological polar surface area (TPSA) is 9.72 Å². The van der Waals surface area contributed by atoms with Crippen LogP contribution in [0.3, 0.4) is 0 Å². The second kappa shape index (κ2) is 6.42. The van der Waals surface area contributed by atoms with Gasteiger partial charge in [0.1, 0.15) is 0 Å². The van der Waals surface area contributed by atoms with Crippen LogP contribution in [0.5, 0.6) is 0 Å². The average molecular weight is 273 g/mol. The summed E-state index contributed by atoms with van der Waals surface area (Å²) in [6.45, 7) is 4.50. The molecule has 2 rings (SSSR count). The van der Waals surface area contributed by atoms with E-state index in [9.17, 15) is 0 Å². The fourth-order valence-electron chi connectivity index (χ4n) is 2.96. The van der Waals surface area contributed by atoms with Gasteiger partial charge in [-0.25, -0.2) is 5.01 Å². The van der Waals surface area contributed by atoms with Crippen molar-refractivity contribution in [1.29, 1.82) is 0 Å². The zero-order valence-electron chi connectivity index (χ0n) is 13.4. The number of rotatable bonds is 4. The molecular weight excluding hydrogens is 246 g/mol. The monoisotopic (exact) mass is 273 g/mol. The molecule has 1 heterocycles. The first-order chi connectivity index (χ1) is 9.57. The van der Waals surface area contributed by atoms with E-state index in [2.05, 4.69) is 80.5 Å². The molecule has 0 aromatic heterocycles. The molecule has 0 spiro atoms. The van der Waals surface area contributed by atoms with Crippen molar-refractivity contribution >= 4 is 0 Å². The summed E-state index contributed by atoms with van der Waals surface area (Å²) in [5.41, 5.74) is 4.30. The normalized spacial score (nSPS) is 21.6. The van der Waals surface area contributed by atoms with Gasteiger partial charge in [0.15, 0.2) is 0 Å². The zero-order chi connectivity index (χ0) is 14.7. The van der Waals surface area contributed by atoms with Gasteiger partial charge in [0.2, 0.25) is 0 Å². The fraction of sp³-hybridized carbons (Fsp3) is 0.529. The molecular formula is C17H27N3. The van der Waals surface area contributed by atoms with E-state index in [0.717, 1.165) is 0 Å². The Kier molecular flexibility index (Phi) is 4.84. The van der Waals surface area contributed by atoms with Crippen LogP contribution in [0.15, 0.2) is 41.6 Å². The summed E-state index contributed by atoms with van der Waals surface area (Å²) in [6, 6.07) is 11.2. The molecule has 0 amide bonds. The van der Waals surface area contributed by atoms with Crippen molar-refractivity contribution in [2.75, 3.05) is 21.1 Å². The molecule has 1 unspecified atom stereocenters. The Labute approximate surface area is 123 Å². The molecule has 20 heavy (non-hydrogen) atoms. The van der Waals surface area contributed by atoms with E-state index < -0.39 is 0 Å². The minimum atomic E-state index is 0.351. The van der Waals surface area contributed by atoms with Crippen LogP contribution in [0.25, 0.3) is 0 Å². The van der Waals surface area contributed by atoms with Crippen molar-refractivity contribution in [1.82, 2.24) is 15.1 Å². The van der Waals surface area contributed by atoms with E-state index in [0.29, 0.717) is 6.04 Å². The number of hydrogen-bond donors (Lipinski definition) is 0. The Morgan fingerprint density at radius 2 is 1.70 bits per heavy atom. The molecule has 0 radical (unpaired) electrons. The first-order valence-corrected chi connectivity index (χ1v) is 7.52. The van der Waals surface area contributed by atoms with E-state index in [-0.39, 0.29) is 0 Å². The lowest BCUT2D eigenvalue weighted by Crippen LogP contribution is -2.52. The number of nitrogens with zero attached hydrogens (tertiary/aromatic N) is 3. The summed E-state index contributed by atoms with van der Waals surface area (Å²) in [6.07, 6.45) is 3.66. The van der Waals surface area contributed by atoms with Crippen molar-refractivity contribution in [3.63, 3.8) is 0 Å². The first-order valence-electron chi connectivity index (χ1n) is 7.52. The van der Waals surface area contributed by atoms with Crippen LogP contribution >= 0.6 is 0 Å². The SMILES string of the molecule is CCCCC1=C(C)N(C)N(C)N(C)C1c1ccccc1. The summed E-state index contributed by atoms with van der Waals surface area (Å²) in [5.74, 6) is 0. The van der Waals surface area contributed by atoms with Crippen molar-refractivity contribution < 1.29 is 0 Å². The van der Waals surface area contributed by atoms with Gasteiger partial charge < -0.3 is 5.01 Å². The van der Waals surface area contributed by atoms with E-state index in [1.54, 1.807) is 5.57 Å². The highest BCUT2D eigenvalue weighted by molar-refractivity contribution is 5.31. The second-order valence-electron chi connectivity index (χ2n) is 5.61. The van der Waals surface area contributed by atoms with Gasteiger partial charge in [0, 0.05) is 26.8 Å².